The van der Waals surface area contributed by atoms with Crippen molar-refractivity contribution in [1.29, 1.82) is 0 Å². The molecule has 2 aromatic carbocycles. The van der Waals surface area contributed by atoms with E-state index in [1.807, 2.05) is 53.4 Å². The molecule has 2 heterocycles. The number of morpholine rings is 1. The summed E-state index contributed by atoms with van der Waals surface area (Å²) in [4.78, 5) is 30.7. The minimum Gasteiger partial charge on any atom is -0.496 e. The number of nitrogens with one attached hydrogen (secondary N) is 1. The zero-order valence-corrected chi connectivity index (χ0v) is 20.2. The van der Waals surface area contributed by atoms with Crippen LogP contribution >= 0.6 is 0 Å². The van der Waals surface area contributed by atoms with E-state index in [0.29, 0.717) is 25.1 Å². The second-order valence-corrected chi connectivity index (χ2v) is 8.91. The molecular formula is C27H35N3O4. The first kappa shape index (κ1) is 24.1. The summed E-state index contributed by atoms with van der Waals surface area (Å²) in [6.45, 7) is 5.95. The molecule has 2 aromatic rings. The molecule has 0 aliphatic carbocycles. The molecule has 0 aromatic heterocycles. The first-order valence-electron chi connectivity index (χ1n) is 12.3. The van der Waals surface area contributed by atoms with Crippen LogP contribution in [-0.2, 0) is 14.3 Å². The molecule has 2 unspecified atom stereocenters. The Morgan fingerprint density at radius 2 is 1.85 bits per heavy atom. The van der Waals surface area contributed by atoms with Gasteiger partial charge in [0.05, 0.1) is 32.3 Å². The molecule has 7 heteroatoms. The molecular weight excluding hydrogens is 430 g/mol. The van der Waals surface area contributed by atoms with Crippen molar-refractivity contribution in [1.82, 2.24) is 4.90 Å². The Morgan fingerprint density at radius 1 is 1.12 bits per heavy atom. The number of piperidine rings is 1. The summed E-state index contributed by atoms with van der Waals surface area (Å²) in [6.07, 6.45) is 2.77. The predicted octanol–water partition coefficient (Wildman–Crippen LogP) is 4.25. The average Bonchev–Trinajstić information content (AvgIpc) is 2.88. The van der Waals surface area contributed by atoms with Gasteiger partial charge >= 0.3 is 0 Å². The van der Waals surface area contributed by atoms with Gasteiger partial charge in [-0.15, -0.1) is 0 Å². The lowest BCUT2D eigenvalue weighted by atomic mass is 9.83. The molecule has 2 aliphatic heterocycles. The van der Waals surface area contributed by atoms with Crippen LogP contribution in [0.1, 0.15) is 44.2 Å². The van der Waals surface area contributed by atoms with E-state index in [2.05, 4.69) is 17.1 Å². The molecule has 2 amide bonds. The summed E-state index contributed by atoms with van der Waals surface area (Å²) in [5.41, 5.74) is 2.77. The van der Waals surface area contributed by atoms with Gasteiger partial charge in [-0.1, -0.05) is 31.5 Å². The van der Waals surface area contributed by atoms with E-state index in [4.69, 9.17) is 9.47 Å². The number of carbonyl (C=O) groups excluding carboxylic acids is 2. The topological polar surface area (TPSA) is 71.1 Å². The number of amides is 2. The third kappa shape index (κ3) is 5.36. The Bertz CT molecular complexity index is 972. The van der Waals surface area contributed by atoms with Crippen molar-refractivity contribution in [2.24, 2.45) is 5.92 Å². The number of anilines is 2. The first-order chi connectivity index (χ1) is 16.6. The number of ether oxygens (including phenoxy) is 2. The molecule has 2 fully saturated rings. The number of methoxy groups -OCH3 is 1. The van der Waals surface area contributed by atoms with Crippen LogP contribution in [0, 0.1) is 5.92 Å². The standard InChI is InChI=1S/C27H35N3O4/c1-3-4-15-30-25(31)14-13-23(26(30)22-7-5-6-8-24(22)33-2)27(32)28-20-9-11-21(12-10-20)29-16-18-34-19-17-29/h5-12,23,26H,3-4,13-19H2,1-2H3,(H,28,32). The molecule has 34 heavy (non-hydrogen) atoms. The fourth-order valence-corrected chi connectivity index (χ4v) is 4.93. The zero-order chi connectivity index (χ0) is 23.9. The molecule has 182 valence electrons. The van der Waals surface area contributed by atoms with Crippen molar-refractivity contribution in [3.05, 3.63) is 54.1 Å². The molecule has 0 radical (unpaired) electrons. The quantitative estimate of drug-likeness (QED) is 0.631. The maximum atomic E-state index is 13.5. The van der Waals surface area contributed by atoms with Crippen molar-refractivity contribution in [3.8, 4) is 5.75 Å². The van der Waals surface area contributed by atoms with Crippen molar-refractivity contribution in [2.45, 2.75) is 38.6 Å². The Morgan fingerprint density at radius 3 is 2.56 bits per heavy atom. The molecule has 2 saturated heterocycles. The smallest absolute Gasteiger partial charge is 0.229 e. The van der Waals surface area contributed by atoms with Crippen LogP contribution in [0.5, 0.6) is 5.75 Å². The number of nitrogens with zero attached hydrogens (tertiary/aromatic N) is 2. The molecule has 7 nitrogen and oxygen atoms in total. The third-order valence-electron chi connectivity index (χ3n) is 6.76. The van der Waals surface area contributed by atoms with Crippen molar-refractivity contribution >= 4 is 23.2 Å². The van der Waals surface area contributed by atoms with Crippen molar-refractivity contribution in [3.63, 3.8) is 0 Å². The second kappa shape index (κ2) is 11.4. The van der Waals surface area contributed by atoms with Gasteiger partial charge < -0.3 is 24.6 Å². The minimum absolute atomic E-state index is 0.0657. The number of hydrogen-bond donors (Lipinski definition) is 1. The number of hydrogen-bond acceptors (Lipinski definition) is 5. The van der Waals surface area contributed by atoms with Crippen LogP contribution in [0.25, 0.3) is 0 Å². The van der Waals surface area contributed by atoms with Crippen LogP contribution in [0.2, 0.25) is 0 Å². The van der Waals surface area contributed by atoms with Crippen molar-refractivity contribution in [2.75, 3.05) is 50.2 Å². The first-order valence-corrected chi connectivity index (χ1v) is 12.3. The SMILES string of the molecule is CCCCN1C(=O)CCC(C(=O)Nc2ccc(N3CCOCC3)cc2)C1c1ccccc1OC. The lowest BCUT2D eigenvalue weighted by molar-refractivity contribution is -0.142. The van der Waals surface area contributed by atoms with E-state index >= 15 is 0 Å². The van der Waals surface area contributed by atoms with E-state index in [1.54, 1.807) is 7.11 Å². The largest absolute Gasteiger partial charge is 0.496 e. The van der Waals surface area contributed by atoms with E-state index in [9.17, 15) is 9.59 Å². The van der Waals surface area contributed by atoms with Gasteiger partial charge in [-0.2, -0.15) is 0 Å². The van der Waals surface area contributed by atoms with Crippen LogP contribution in [0.15, 0.2) is 48.5 Å². The fourth-order valence-electron chi connectivity index (χ4n) is 4.93. The lowest BCUT2D eigenvalue weighted by Gasteiger charge is -2.41. The summed E-state index contributed by atoms with van der Waals surface area (Å²) < 4.78 is 11.1. The van der Waals surface area contributed by atoms with Gasteiger partial charge in [0.2, 0.25) is 11.8 Å². The molecule has 0 bridgehead atoms. The van der Waals surface area contributed by atoms with Gasteiger partial charge in [0.15, 0.2) is 0 Å². The van der Waals surface area contributed by atoms with Crippen molar-refractivity contribution < 1.29 is 19.1 Å². The summed E-state index contributed by atoms with van der Waals surface area (Å²) in [7, 11) is 1.63. The maximum Gasteiger partial charge on any atom is 0.229 e. The van der Waals surface area contributed by atoms with Gasteiger partial charge in [0.1, 0.15) is 5.75 Å². The van der Waals surface area contributed by atoms with Gasteiger partial charge in [0, 0.05) is 43.0 Å². The Labute approximate surface area is 202 Å². The van der Waals surface area contributed by atoms with Gasteiger partial charge in [-0.05, 0) is 43.2 Å². The number of carbonyl (C=O) groups is 2. The van der Waals surface area contributed by atoms with Crippen LogP contribution in [-0.4, -0.2) is 56.7 Å². The molecule has 2 atom stereocenters. The number of para-hydroxylation sites is 1. The van der Waals surface area contributed by atoms with Crippen LogP contribution in [0.3, 0.4) is 0 Å². The minimum atomic E-state index is -0.357. The Kier molecular flexibility index (Phi) is 8.06. The van der Waals surface area contributed by atoms with Gasteiger partial charge in [-0.25, -0.2) is 0 Å². The molecule has 0 spiro atoms. The molecule has 1 N–H and O–H groups in total. The highest BCUT2D eigenvalue weighted by Crippen LogP contribution is 2.41. The number of benzene rings is 2. The Hall–Kier alpha value is -3.06. The highest BCUT2D eigenvalue weighted by molar-refractivity contribution is 5.95. The molecule has 2 aliphatic rings. The normalized spacial score (nSPS) is 20.8. The summed E-state index contributed by atoms with van der Waals surface area (Å²) >= 11 is 0. The van der Waals surface area contributed by atoms with E-state index in [1.165, 1.54) is 0 Å². The number of likely N-dealkylation sites (tertiary alicyclic amines) is 1. The van der Waals surface area contributed by atoms with E-state index in [0.717, 1.165) is 56.1 Å². The fraction of sp³-hybridized carbons (Fsp3) is 0.481. The maximum absolute atomic E-state index is 13.5. The third-order valence-corrected chi connectivity index (χ3v) is 6.76. The lowest BCUT2D eigenvalue weighted by Crippen LogP contribution is -2.47. The van der Waals surface area contributed by atoms with E-state index < -0.39 is 0 Å². The van der Waals surface area contributed by atoms with Gasteiger partial charge in [-0.3, -0.25) is 9.59 Å². The van der Waals surface area contributed by atoms with Crippen LogP contribution in [0.4, 0.5) is 11.4 Å². The highest BCUT2D eigenvalue weighted by atomic mass is 16.5. The monoisotopic (exact) mass is 465 g/mol. The number of unbranched alkanes of at least 4 members (excludes halogenated alkanes) is 1. The summed E-state index contributed by atoms with van der Waals surface area (Å²) in [5, 5.41) is 3.11. The molecule has 0 saturated carbocycles. The highest BCUT2D eigenvalue weighted by Gasteiger charge is 2.41. The summed E-state index contributed by atoms with van der Waals surface area (Å²) in [6, 6.07) is 15.3. The molecule has 4 rings (SSSR count). The van der Waals surface area contributed by atoms with E-state index in [-0.39, 0.29) is 23.8 Å². The Balaban J connectivity index is 1.56. The number of rotatable bonds is 8. The van der Waals surface area contributed by atoms with Crippen LogP contribution < -0.4 is 15.0 Å². The zero-order valence-electron chi connectivity index (χ0n) is 20.2. The van der Waals surface area contributed by atoms with Gasteiger partial charge in [0.25, 0.3) is 0 Å². The average molecular weight is 466 g/mol. The summed E-state index contributed by atoms with van der Waals surface area (Å²) in [5.74, 6) is 0.383. The second-order valence-electron chi connectivity index (χ2n) is 8.91. The predicted molar refractivity (Wildman–Crippen MR) is 133 cm³/mol.